The van der Waals surface area contributed by atoms with Gasteiger partial charge in [0, 0.05) is 15.1 Å². The molecule has 11 heteroatoms. The first-order chi connectivity index (χ1) is 19.8. The molecule has 1 fully saturated rings. The van der Waals surface area contributed by atoms with E-state index in [1.54, 1.807) is 30.5 Å². The molecule has 9 nitrogen and oxygen atoms in total. The molecule has 1 saturated heterocycles. The van der Waals surface area contributed by atoms with Crippen molar-refractivity contribution >= 4 is 46.1 Å². The number of aliphatic hydroxyl groups is 2. The number of amides is 3. The van der Waals surface area contributed by atoms with Crippen LogP contribution in [0.3, 0.4) is 0 Å². The standard InChI is InChI=1S/C30H28ClIN4O5/c1-17(18-5-3-2-4-6-18)27(28-33-14-25(34-28)23-12-9-20(32)13-24(23)31)36-29(39)26(35-30(36)40)19-7-10-21(11-8-19)41-22(15-37)16-38/h2-14,17,22,26-27,37-38H,15-16H2,1H3,(H,33,34)(H,35,40)/t17-,26+,27?/m0/s1. The van der Waals surface area contributed by atoms with E-state index in [-0.39, 0.29) is 19.1 Å². The van der Waals surface area contributed by atoms with Crippen molar-refractivity contribution in [1.82, 2.24) is 20.2 Å². The molecule has 0 radical (unpaired) electrons. The van der Waals surface area contributed by atoms with Crippen molar-refractivity contribution in [2.45, 2.75) is 31.0 Å². The Labute approximate surface area is 255 Å². The highest BCUT2D eigenvalue weighted by molar-refractivity contribution is 14.1. The summed E-state index contributed by atoms with van der Waals surface area (Å²) in [7, 11) is 0. The minimum atomic E-state index is -0.909. The van der Waals surface area contributed by atoms with E-state index < -0.39 is 30.1 Å². The van der Waals surface area contributed by atoms with Crippen molar-refractivity contribution in [3.63, 3.8) is 0 Å². The molecule has 3 atom stereocenters. The molecule has 0 saturated carbocycles. The number of imide groups is 1. The van der Waals surface area contributed by atoms with Gasteiger partial charge in [-0.1, -0.05) is 67.1 Å². The van der Waals surface area contributed by atoms with Gasteiger partial charge in [-0.2, -0.15) is 0 Å². The van der Waals surface area contributed by atoms with Gasteiger partial charge in [-0.25, -0.2) is 9.78 Å². The number of imidazole rings is 1. The zero-order valence-electron chi connectivity index (χ0n) is 22.0. The summed E-state index contributed by atoms with van der Waals surface area (Å²) in [6.45, 7) is 1.28. The molecule has 212 valence electrons. The lowest BCUT2D eigenvalue weighted by atomic mass is 9.91. The molecule has 3 aromatic carbocycles. The average Bonchev–Trinajstić information content (AvgIpc) is 3.57. The van der Waals surface area contributed by atoms with Gasteiger partial charge in [0.25, 0.3) is 5.91 Å². The van der Waals surface area contributed by atoms with Crippen LogP contribution >= 0.6 is 34.2 Å². The van der Waals surface area contributed by atoms with Crippen LogP contribution in [0.5, 0.6) is 5.75 Å². The second kappa shape index (κ2) is 12.6. The minimum absolute atomic E-state index is 0.291. The van der Waals surface area contributed by atoms with Gasteiger partial charge in [0.1, 0.15) is 29.8 Å². The number of nitrogens with zero attached hydrogens (tertiary/aromatic N) is 2. The maximum atomic E-state index is 13.9. The molecule has 4 N–H and O–H groups in total. The summed E-state index contributed by atoms with van der Waals surface area (Å²) in [4.78, 5) is 36.5. The fraction of sp³-hybridized carbons (Fsp3) is 0.233. The molecule has 0 bridgehead atoms. The Morgan fingerprint density at radius 3 is 2.41 bits per heavy atom. The highest BCUT2D eigenvalue weighted by atomic mass is 127. The quantitative estimate of drug-likeness (QED) is 0.134. The van der Waals surface area contributed by atoms with E-state index in [4.69, 9.17) is 16.3 Å². The number of carbonyl (C=O) groups excluding carboxylic acids is 2. The number of hydrogen-bond acceptors (Lipinski definition) is 6. The number of urea groups is 1. The van der Waals surface area contributed by atoms with Gasteiger partial charge in [-0.05, 0) is 58.0 Å². The van der Waals surface area contributed by atoms with Crippen molar-refractivity contribution in [1.29, 1.82) is 0 Å². The first-order valence-electron chi connectivity index (χ1n) is 13.0. The van der Waals surface area contributed by atoms with Crippen molar-refractivity contribution < 1.29 is 24.5 Å². The predicted octanol–water partition coefficient (Wildman–Crippen LogP) is 5.20. The number of halogens is 2. The second-order valence-corrected chi connectivity index (χ2v) is 11.4. The molecule has 1 unspecified atom stereocenters. The third-order valence-electron chi connectivity index (χ3n) is 7.07. The fourth-order valence-electron chi connectivity index (χ4n) is 4.90. The number of aromatic amines is 1. The minimum Gasteiger partial charge on any atom is -0.486 e. The lowest BCUT2D eigenvalue weighted by Gasteiger charge is -2.29. The van der Waals surface area contributed by atoms with Gasteiger partial charge in [-0.15, -0.1) is 0 Å². The molecule has 2 heterocycles. The Hall–Kier alpha value is -3.45. The number of nitrogens with one attached hydrogen (secondary N) is 2. The van der Waals surface area contributed by atoms with Gasteiger partial charge in [0.05, 0.1) is 30.1 Å². The van der Waals surface area contributed by atoms with Crippen molar-refractivity contribution in [3.8, 4) is 17.0 Å². The van der Waals surface area contributed by atoms with E-state index in [1.165, 1.54) is 4.90 Å². The number of benzene rings is 3. The summed E-state index contributed by atoms with van der Waals surface area (Å²) in [6.07, 6.45) is 0.909. The van der Waals surface area contributed by atoms with Gasteiger partial charge >= 0.3 is 6.03 Å². The Morgan fingerprint density at radius 2 is 1.76 bits per heavy atom. The summed E-state index contributed by atoms with van der Waals surface area (Å²) >= 11 is 8.71. The van der Waals surface area contributed by atoms with E-state index in [0.717, 1.165) is 14.7 Å². The third kappa shape index (κ3) is 6.10. The highest BCUT2D eigenvalue weighted by Gasteiger charge is 2.46. The second-order valence-electron chi connectivity index (χ2n) is 9.72. The zero-order valence-corrected chi connectivity index (χ0v) is 24.9. The number of aliphatic hydroxyl groups excluding tert-OH is 2. The number of carbonyl (C=O) groups is 2. The smallest absolute Gasteiger partial charge is 0.325 e. The topological polar surface area (TPSA) is 128 Å². The van der Waals surface area contributed by atoms with Crippen LogP contribution in [0.15, 0.2) is 79.0 Å². The van der Waals surface area contributed by atoms with E-state index in [9.17, 15) is 19.8 Å². The van der Waals surface area contributed by atoms with Crippen LogP contribution in [-0.2, 0) is 4.79 Å². The van der Waals surface area contributed by atoms with Crippen molar-refractivity contribution in [3.05, 3.63) is 105 Å². The molecule has 3 amide bonds. The number of ether oxygens (including phenoxy) is 1. The van der Waals surface area contributed by atoms with E-state index in [0.29, 0.717) is 27.9 Å². The van der Waals surface area contributed by atoms with Crippen molar-refractivity contribution in [2.75, 3.05) is 13.2 Å². The summed E-state index contributed by atoms with van der Waals surface area (Å²) in [5.74, 6) is 0.173. The summed E-state index contributed by atoms with van der Waals surface area (Å²) < 4.78 is 6.52. The van der Waals surface area contributed by atoms with Crippen LogP contribution in [0.4, 0.5) is 4.79 Å². The van der Waals surface area contributed by atoms with Gasteiger partial charge in [-0.3, -0.25) is 9.69 Å². The lowest BCUT2D eigenvalue weighted by Crippen LogP contribution is -2.38. The van der Waals surface area contributed by atoms with Crippen LogP contribution in [0.1, 0.15) is 41.9 Å². The first kappa shape index (κ1) is 29.1. The Balaban J connectivity index is 1.48. The molecule has 1 aliphatic rings. The molecular formula is C30H28ClIN4O5. The van der Waals surface area contributed by atoms with E-state index >= 15 is 0 Å². The molecule has 1 aliphatic heterocycles. The molecule has 1 aromatic heterocycles. The predicted molar refractivity (Wildman–Crippen MR) is 162 cm³/mol. The Bertz CT molecular complexity index is 1530. The Kier molecular flexibility index (Phi) is 8.93. The average molecular weight is 687 g/mol. The molecule has 0 spiro atoms. The van der Waals surface area contributed by atoms with Crippen LogP contribution in [0.2, 0.25) is 5.02 Å². The summed E-state index contributed by atoms with van der Waals surface area (Å²) in [5, 5.41) is 21.9. The third-order valence-corrected chi connectivity index (χ3v) is 8.05. The number of H-pyrrole nitrogens is 1. The maximum Gasteiger partial charge on any atom is 0.325 e. The molecule has 41 heavy (non-hydrogen) atoms. The van der Waals surface area contributed by atoms with E-state index in [1.807, 2.05) is 55.5 Å². The van der Waals surface area contributed by atoms with Crippen LogP contribution in [0, 0.1) is 3.57 Å². The van der Waals surface area contributed by atoms with Gasteiger partial charge < -0.3 is 25.3 Å². The number of rotatable bonds is 10. The molecule has 0 aliphatic carbocycles. The Morgan fingerprint density at radius 1 is 1.05 bits per heavy atom. The van der Waals surface area contributed by atoms with Crippen molar-refractivity contribution in [2.24, 2.45) is 0 Å². The normalized spacial score (nSPS) is 16.6. The summed E-state index contributed by atoms with van der Waals surface area (Å²) in [5.41, 5.74) is 2.95. The van der Waals surface area contributed by atoms with Crippen LogP contribution in [0.25, 0.3) is 11.3 Å². The SMILES string of the molecule is C[C@@H](c1ccccc1)C(c1ncc(-c2ccc(I)cc2Cl)[nH]1)N1C(=O)N[C@H](c2ccc(OC(CO)CO)cc2)C1=O. The maximum absolute atomic E-state index is 13.9. The van der Waals surface area contributed by atoms with E-state index in [2.05, 4.69) is 37.9 Å². The molecular weight excluding hydrogens is 659 g/mol. The van der Waals surface area contributed by atoms with Gasteiger partial charge in [0.2, 0.25) is 0 Å². The monoisotopic (exact) mass is 686 g/mol. The molecule has 5 rings (SSSR count). The number of hydrogen-bond donors (Lipinski definition) is 4. The fourth-order valence-corrected chi connectivity index (χ4v) is 5.86. The molecule has 4 aromatic rings. The highest BCUT2D eigenvalue weighted by Crippen LogP contribution is 2.40. The lowest BCUT2D eigenvalue weighted by molar-refractivity contribution is -0.129. The van der Waals surface area contributed by atoms with Crippen LogP contribution in [-0.4, -0.2) is 56.3 Å². The largest absolute Gasteiger partial charge is 0.486 e. The summed E-state index contributed by atoms with van der Waals surface area (Å²) in [6, 6.07) is 19.8. The zero-order chi connectivity index (χ0) is 29.1. The van der Waals surface area contributed by atoms with Crippen LogP contribution < -0.4 is 10.1 Å². The first-order valence-corrected chi connectivity index (χ1v) is 14.4. The number of aromatic nitrogens is 2. The van der Waals surface area contributed by atoms with Gasteiger partial charge in [0.15, 0.2) is 0 Å².